The van der Waals surface area contributed by atoms with Gasteiger partial charge in [-0.05, 0) is 6.92 Å². The van der Waals surface area contributed by atoms with E-state index in [4.69, 9.17) is 38.2 Å². The predicted octanol–water partition coefficient (Wildman–Crippen LogP) is 0.443. The Morgan fingerprint density at radius 2 is 1.68 bits per heavy atom. The van der Waals surface area contributed by atoms with Crippen LogP contribution in [0.25, 0.3) is 0 Å². The molecule has 160 valence electrons. The van der Waals surface area contributed by atoms with Crippen LogP contribution in [-0.4, -0.2) is 68.8 Å². The summed E-state index contributed by atoms with van der Waals surface area (Å²) in [5, 5.41) is 0. The van der Waals surface area contributed by atoms with Gasteiger partial charge >= 0.3 is 17.9 Å². The summed E-state index contributed by atoms with van der Waals surface area (Å²) in [5.74, 6) is -3.53. The maximum absolute atomic E-state index is 11.8. The normalized spacial score (nSPS) is 35.2. The van der Waals surface area contributed by atoms with Gasteiger partial charge in [-0.25, -0.2) is 4.89 Å². The molecule has 2 heterocycles. The predicted molar refractivity (Wildman–Crippen MR) is 88.0 cm³/mol. The summed E-state index contributed by atoms with van der Waals surface area (Å²) in [6, 6.07) is 0. The molecule has 2 saturated heterocycles. The van der Waals surface area contributed by atoms with E-state index >= 15 is 0 Å². The van der Waals surface area contributed by atoms with Crippen LogP contribution in [0, 0.1) is 5.92 Å². The number of ether oxygens (including phenoxy) is 6. The van der Waals surface area contributed by atoms with Gasteiger partial charge in [0.05, 0.1) is 5.92 Å². The molecule has 2 rings (SSSR count). The van der Waals surface area contributed by atoms with E-state index < -0.39 is 54.2 Å². The molecule has 28 heavy (non-hydrogen) atoms. The number of carbonyl (C=O) groups excluding carboxylic acids is 3. The van der Waals surface area contributed by atoms with E-state index in [0.29, 0.717) is 0 Å². The molecule has 6 atom stereocenters. The van der Waals surface area contributed by atoms with Gasteiger partial charge in [-0.15, -0.1) is 0 Å². The minimum atomic E-state index is -1.15. The lowest BCUT2D eigenvalue weighted by Gasteiger charge is -2.45. The molecule has 2 aliphatic rings. The Bertz CT molecular complexity index is 571. The van der Waals surface area contributed by atoms with Gasteiger partial charge in [0.15, 0.2) is 19.2 Å². The molecular weight excluding hydrogens is 380 g/mol. The zero-order valence-corrected chi connectivity index (χ0v) is 16.5. The minimum Gasteiger partial charge on any atom is -0.463 e. The highest BCUT2D eigenvalue weighted by molar-refractivity contribution is 5.67. The highest BCUT2D eigenvalue weighted by Crippen LogP contribution is 2.39. The molecule has 0 saturated carbocycles. The van der Waals surface area contributed by atoms with Crippen LogP contribution in [0.4, 0.5) is 0 Å². The summed E-state index contributed by atoms with van der Waals surface area (Å²) < 4.78 is 32.6. The molecule has 0 aromatic heterocycles. The van der Waals surface area contributed by atoms with Gasteiger partial charge in [-0.2, -0.15) is 4.89 Å². The van der Waals surface area contributed by atoms with Crippen molar-refractivity contribution in [3.8, 4) is 0 Å². The van der Waals surface area contributed by atoms with E-state index in [2.05, 4.69) is 0 Å². The van der Waals surface area contributed by atoms with E-state index in [1.165, 1.54) is 27.9 Å². The molecule has 0 N–H and O–H groups in total. The van der Waals surface area contributed by atoms with Gasteiger partial charge < -0.3 is 28.4 Å². The van der Waals surface area contributed by atoms with Crippen LogP contribution in [0.15, 0.2) is 0 Å². The van der Waals surface area contributed by atoms with Gasteiger partial charge in [0.25, 0.3) is 0 Å². The number of hydrogen-bond acceptors (Lipinski definition) is 11. The Kier molecular flexibility index (Phi) is 7.72. The van der Waals surface area contributed by atoms with Crippen molar-refractivity contribution in [2.24, 2.45) is 5.92 Å². The number of methoxy groups -OCH3 is 1. The standard InChI is InChI=1S/C17H26O11/c1-9(18)22-7-13-15(26-11(3)20)14(25-10(2)19)12(16(21-5)27-13)6-17(4)23-8-24-28-17/h12-16H,6-8H2,1-5H3/t12-,13+,14+,15+,16-,17?/m0/s1. The number of esters is 3. The molecule has 0 aromatic rings. The Balaban J connectivity index is 2.33. The fourth-order valence-corrected chi connectivity index (χ4v) is 3.26. The largest absolute Gasteiger partial charge is 0.463 e. The first-order valence-electron chi connectivity index (χ1n) is 8.76. The van der Waals surface area contributed by atoms with Crippen molar-refractivity contribution in [3.63, 3.8) is 0 Å². The monoisotopic (exact) mass is 406 g/mol. The second-order valence-electron chi connectivity index (χ2n) is 6.69. The second-order valence-corrected chi connectivity index (χ2v) is 6.69. The van der Waals surface area contributed by atoms with Gasteiger partial charge in [0, 0.05) is 34.3 Å². The maximum atomic E-state index is 11.8. The van der Waals surface area contributed by atoms with E-state index in [-0.39, 0.29) is 19.8 Å². The Labute approximate surface area is 162 Å². The van der Waals surface area contributed by atoms with Crippen LogP contribution >= 0.6 is 0 Å². The first-order valence-corrected chi connectivity index (χ1v) is 8.76. The van der Waals surface area contributed by atoms with Gasteiger partial charge in [0.1, 0.15) is 18.8 Å². The van der Waals surface area contributed by atoms with Crippen LogP contribution in [0.3, 0.4) is 0 Å². The zero-order chi connectivity index (χ0) is 20.9. The molecular formula is C17H26O11. The highest BCUT2D eigenvalue weighted by Gasteiger charge is 2.53. The topological polar surface area (TPSA) is 125 Å². The first-order chi connectivity index (χ1) is 13.1. The lowest BCUT2D eigenvalue weighted by molar-refractivity contribution is -0.338. The van der Waals surface area contributed by atoms with Crippen molar-refractivity contribution in [1.29, 1.82) is 0 Å². The highest BCUT2D eigenvalue weighted by atomic mass is 17.3. The van der Waals surface area contributed by atoms with Crippen LogP contribution in [0.1, 0.15) is 34.1 Å². The summed E-state index contributed by atoms with van der Waals surface area (Å²) in [4.78, 5) is 44.6. The zero-order valence-electron chi connectivity index (χ0n) is 16.5. The summed E-state index contributed by atoms with van der Waals surface area (Å²) in [5.41, 5.74) is 0. The molecule has 0 spiro atoms. The van der Waals surface area contributed by atoms with Crippen molar-refractivity contribution in [2.45, 2.75) is 64.5 Å². The molecule has 2 fully saturated rings. The van der Waals surface area contributed by atoms with Gasteiger partial charge in [0.2, 0.25) is 5.79 Å². The summed E-state index contributed by atoms with van der Waals surface area (Å²) in [6.07, 6.45) is -3.66. The smallest absolute Gasteiger partial charge is 0.303 e. The summed E-state index contributed by atoms with van der Waals surface area (Å²) in [6.45, 7) is 5.04. The molecule has 0 amide bonds. The fourth-order valence-electron chi connectivity index (χ4n) is 3.26. The maximum Gasteiger partial charge on any atom is 0.303 e. The quantitative estimate of drug-likeness (QED) is 0.332. The Hall–Kier alpha value is -1.79. The molecule has 0 aliphatic carbocycles. The molecule has 2 aliphatic heterocycles. The van der Waals surface area contributed by atoms with Crippen LogP contribution < -0.4 is 0 Å². The average Bonchev–Trinajstić information content (AvgIpc) is 3.02. The molecule has 0 bridgehead atoms. The van der Waals surface area contributed by atoms with Crippen molar-refractivity contribution in [1.82, 2.24) is 0 Å². The number of hydrogen-bond donors (Lipinski definition) is 0. The fraction of sp³-hybridized carbons (Fsp3) is 0.824. The van der Waals surface area contributed by atoms with Crippen LogP contribution in [0.2, 0.25) is 0 Å². The minimum absolute atomic E-state index is 0.0671. The van der Waals surface area contributed by atoms with Crippen molar-refractivity contribution in [2.75, 3.05) is 20.5 Å². The third kappa shape index (κ3) is 5.85. The second kappa shape index (κ2) is 9.61. The summed E-state index contributed by atoms with van der Waals surface area (Å²) in [7, 11) is 1.41. The molecule has 0 aromatic carbocycles. The number of carbonyl (C=O) groups is 3. The molecule has 0 radical (unpaired) electrons. The first kappa shape index (κ1) is 22.5. The molecule has 11 nitrogen and oxygen atoms in total. The third-order valence-electron chi connectivity index (χ3n) is 4.31. The van der Waals surface area contributed by atoms with E-state index in [0.717, 1.165) is 0 Å². The molecule has 11 heteroatoms. The third-order valence-corrected chi connectivity index (χ3v) is 4.31. The lowest BCUT2D eigenvalue weighted by atomic mass is 9.85. The van der Waals surface area contributed by atoms with E-state index in [1.54, 1.807) is 6.92 Å². The van der Waals surface area contributed by atoms with Crippen molar-refractivity contribution >= 4 is 17.9 Å². The summed E-state index contributed by atoms with van der Waals surface area (Å²) >= 11 is 0. The van der Waals surface area contributed by atoms with E-state index in [9.17, 15) is 14.4 Å². The van der Waals surface area contributed by atoms with Gasteiger partial charge in [-0.1, -0.05) is 0 Å². The van der Waals surface area contributed by atoms with Crippen molar-refractivity contribution < 1.29 is 52.6 Å². The van der Waals surface area contributed by atoms with E-state index in [1.807, 2.05) is 0 Å². The van der Waals surface area contributed by atoms with Crippen LogP contribution in [0.5, 0.6) is 0 Å². The lowest BCUT2D eigenvalue weighted by Crippen LogP contribution is -2.60. The SMILES string of the molecule is CO[C@H]1O[C@H](COC(C)=O)[C@@H](OC(C)=O)[C@H](OC(C)=O)[C@@H]1CC1(C)OCOO1. The van der Waals surface area contributed by atoms with Crippen LogP contribution in [-0.2, 0) is 52.6 Å². The number of rotatable bonds is 7. The Morgan fingerprint density at radius 1 is 1.04 bits per heavy atom. The van der Waals surface area contributed by atoms with Gasteiger partial charge in [-0.3, -0.25) is 14.4 Å². The average molecular weight is 406 g/mol. The van der Waals surface area contributed by atoms with Crippen molar-refractivity contribution in [3.05, 3.63) is 0 Å². The molecule has 1 unspecified atom stereocenters. The Morgan fingerprint density at radius 3 is 2.18 bits per heavy atom.